The molecule has 8 nitrogen and oxygen atoms in total. The van der Waals surface area contributed by atoms with Crippen molar-refractivity contribution in [1.29, 1.82) is 0 Å². The van der Waals surface area contributed by atoms with Crippen molar-refractivity contribution in [1.82, 2.24) is 9.21 Å². The number of sulfonamides is 1. The summed E-state index contributed by atoms with van der Waals surface area (Å²) in [4.78, 5) is 16.3. The van der Waals surface area contributed by atoms with Gasteiger partial charge in [-0.3, -0.25) is 4.79 Å². The van der Waals surface area contributed by atoms with Crippen LogP contribution in [-0.4, -0.2) is 76.0 Å². The fraction of sp³-hybridized carbons (Fsp3) is 0.435. The average Bonchev–Trinajstić information content (AvgIpc) is 2.83. The number of benzene rings is 2. The third kappa shape index (κ3) is 4.29. The highest BCUT2D eigenvalue weighted by Crippen LogP contribution is 2.34. The Morgan fingerprint density at radius 3 is 2.44 bits per heavy atom. The van der Waals surface area contributed by atoms with E-state index in [1.165, 1.54) is 22.5 Å². The number of amides is 1. The molecule has 0 unspecified atom stereocenters. The number of carbonyl (C=O) groups is 1. The normalized spacial score (nSPS) is 18.5. The molecule has 0 spiro atoms. The first kappa shape index (κ1) is 22.9. The van der Waals surface area contributed by atoms with E-state index in [1.807, 2.05) is 0 Å². The van der Waals surface area contributed by atoms with Crippen molar-refractivity contribution < 1.29 is 31.5 Å². The highest BCUT2D eigenvalue weighted by atomic mass is 32.2. The summed E-state index contributed by atoms with van der Waals surface area (Å²) in [6.07, 6.45) is 1.26. The predicted molar refractivity (Wildman–Crippen MR) is 120 cm³/mol. The zero-order valence-electron chi connectivity index (χ0n) is 18.5. The smallest absolute Gasteiger partial charge is 0.243 e. The molecule has 3 aliphatic rings. The van der Waals surface area contributed by atoms with E-state index < -0.39 is 21.7 Å². The van der Waals surface area contributed by atoms with E-state index >= 15 is 0 Å². The summed E-state index contributed by atoms with van der Waals surface area (Å²) in [6, 6.07) is 6.69. The fourth-order valence-corrected chi connectivity index (χ4v) is 6.11. The Morgan fingerprint density at radius 2 is 1.68 bits per heavy atom. The van der Waals surface area contributed by atoms with E-state index in [4.69, 9.17) is 9.47 Å². The molecule has 0 aliphatic carbocycles. The first-order chi connectivity index (χ1) is 16.3. The number of fused-ring (bicyclic) bond motifs is 2. The molecule has 0 N–H and O–H groups in total. The molecule has 0 aromatic heterocycles. The molecule has 2 aromatic carbocycles. The lowest BCUT2D eigenvalue weighted by Gasteiger charge is -2.37. The number of nitrogens with zero attached hydrogens (tertiary/aromatic N) is 3. The van der Waals surface area contributed by atoms with Crippen LogP contribution in [0.2, 0.25) is 0 Å². The van der Waals surface area contributed by atoms with Crippen molar-refractivity contribution in [3.8, 4) is 11.5 Å². The summed E-state index contributed by atoms with van der Waals surface area (Å²) >= 11 is 0. The Labute approximate surface area is 196 Å². The first-order valence-corrected chi connectivity index (χ1v) is 12.7. The fourth-order valence-electron chi connectivity index (χ4n) is 4.67. The number of carbonyl (C=O) groups excluding carboxylic acids is 1. The van der Waals surface area contributed by atoms with Gasteiger partial charge in [0.25, 0.3) is 0 Å². The van der Waals surface area contributed by atoms with Gasteiger partial charge < -0.3 is 19.3 Å². The average molecular weight is 494 g/mol. The molecule has 1 amide bonds. The second-order valence-corrected chi connectivity index (χ2v) is 10.4. The number of aryl methyl sites for hydroxylation is 1. The van der Waals surface area contributed by atoms with Gasteiger partial charge in [0.05, 0.1) is 17.1 Å². The summed E-state index contributed by atoms with van der Waals surface area (Å²) < 4.78 is 66.5. The van der Waals surface area contributed by atoms with Gasteiger partial charge in [0.1, 0.15) is 24.8 Å². The maximum atomic E-state index is 14.4. The molecular weight excluding hydrogens is 468 g/mol. The second-order valence-electron chi connectivity index (χ2n) is 8.51. The SMILES string of the molecule is O=C(CN1CCCc2cc(F)cc(F)c21)N1CCN(S(=O)(=O)c2ccc3c(c2)OCCO3)CC1. The molecule has 11 heteroatoms. The molecule has 5 rings (SSSR count). The van der Waals surface area contributed by atoms with Gasteiger partial charge in [-0.2, -0.15) is 4.31 Å². The Balaban J connectivity index is 1.23. The maximum absolute atomic E-state index is 14.4. The van der Waals surface area contributed by atoms with Crippen molar-refractivity contribution in [2.45, 2.75) is 17.7 Å². The monoisotopic (exact) mass is 493 g/mol. The van der Waals surface area contributed by atoms with Crippen LogP contribution >= 0.6 is 0 Å². The van der Waals surface area contributed by atoms with Crippen LogP contribution in [0.4, 0.5) is 14.5 Å². The number of hydrogen-bond donors (Lipinski definition) is 0. The van der Waals surface area contributed by atoms with Crippen LogP contribution in [0.5, 0.6) is 11.5 Å². The van der Waals surface area contributed by atoms with Crippen molar-refractivity contribution in [2.75, 3.05) is 57.4 Å². The van der Waals surface area contributed by atoms with Crippen LogP contribution in [0.3, 0.4) is 0 Å². The molecule has 0 bridgehead atoms. The molecule has 2 aromatic rings. The zero-order valence-corrected chi connectivity index (χ0v) is 19.3. The summed E-state index contributed by atoms with van der Waals surface area (Å²) in [6.45, 7) is 2.01. The standard InChI is InChI=1S/C23H25F2N3O5S/c24-17-12-16-2-1-5-27(23(16)19(25)13-17)15-22(29)26-6-8-28(9-7-26)34(30,31)18-3-4-20-21(14-18)33-11-10-32-20/h3-4,12-14H,1-2,5-11,15H2. The molecular formula is C23H25F2N3O5S. The van der Waals surface area contributed by atoms with E-state index in [0.717, 1.165) is 6.07 Å². The summed E-state index contributed by atoms with van der Waals surface area (Å²) in [7, 11) is -3.76. The Kier molecular flexibility index (Phi) is 6.07. The van der Waals surface area contributed by atoms with Gasteiger partial charge >= 0.3 is 0 Å². The van der Waals surface area contributed by atoms with Crippen LogP contribution in [0.15, 0.2) is 35.2 Å². The number of piperazine rings is 1. The topological polar surface area (TPSA) is 79.4 Å². The lowest BCUT2D eigenvalue weighted by Crippen LogP contribution is -2.53. The number of ether oxygens (including phenoxy) is 2. The van der Waals surface area contributed by atoms with Crippen molar-refractivity contribution in [2.24, 2.45) is 0 Å². The number of anilines is 1. The van der Waals surface area contributed by atoms with Crippen LogP contribution in [0.1, 0.15) is 12.0 Å². The van der Waals surface area contributed by atoms with Crippen LogP contribution < -0.4 is 14.4 Å². The molecule has 0 atom stereocenters. The van der Waals surface area contributed by atoms with E-state index in [0.29, 0.717) is 49.7 Å². The zero-order chi connectivity index (χ0) is 23.9. The van der Waals surface area contributed by atoms with Gasteiger partial charge in [0.15, 0.2) is 11.5 Å². The Bertz CT molecular complexity index is 1220. The van der Waals surface area contributed by atoms with Crippen LogP contribution in [-0.2, 0) is 21.2 Å². The molecule has 182 valence electrons. The minimum Gasteiger partial charge on any atom is -0.486 e. The third-order valence-corrected chi connectivity index (χ3v) is 8.26. The predicted octanol–water partition coefficient (Wildman–Crippen LogP) is 2.02. The van der Waals surface area contributed by atoms with E-state index in [1.54, 1.807) is 15.9 Å². The molecule has 34 heavy (non-hydrogen) atoms. The van der Waals surface area contributed by atoms with Crippen molar-refractivity contribution >= 4 is 21.6 Å². The van der Waals surface area contributed by atoms with Gasteiger partial charge in [-0.15, -0.1) is 0 Å². The lowest BCUT2D eigenvalue weighted by molar-refractivity contribution is -0.130. The largest absolute Gasteiger partial charge is 0.486 e. The summed E-state index contributed by atoms with van der Waals surface area (Å²) in [5.41, 5.74) is 0.840. The van der Waals surface area contributed by atoms with E-state index in [2.05, 4.69) is 0 Å². The minimum absolute atomic E-state index is 0.0372. The van der Waals surface area contributed by atoms with Gasteiger partial charge in [0.2, 0.25) is 15.9 Å². The Hall–Kier alpha value is -2.92. The van der Waals surface area contributed by atoms with Gasteiger partial charge in [-0.25, -0.2) is 17.2 Å². The van der Waals surface area contributed by atoms with E-state index in [-0.39, 0.29) is 49.2 Å². The molecule has 1 fully saturated rings. The highest BCUT2D eigenvalue weighted by molar-refractivity contribution is 7.89. The molecule has 3 heterocycles. The summed E-state index contributed by atoms with van der Waals surface area (Å²) in [5.74, 6) is -0.597. The second kappa shape index (κ2) is 9.03. The Morgan fingerprint density at radius 1 is 0.941 bits per heavy atom. The first-order valence-electron chi connectivity index (χ1n) is 11.2. The molecule has 0 saturated carbocycles. The third-order valence-electron chi connectivity index (χ3n) is 6.37. The quantitative estimate of drug-likeness (QED) is 0.649. The van der Waals surface area contributed by atoms with Gasteiger partial charge in [-0.1, -0.05) is 0 Å². The lowest BCUT2D eigenvalue weighted by atomic mass is 10.0. The number of hydrogen-bond acceptors (Lipinski definition) is 6. The highest BCUT2D eigenvalue weighted by Gasteiger charge is 2.32. The van der Waals surface area contributed by atoms with Crippen molar-refractivity contribution in [3.05, 3.63) is 47.5 Å². The van der Waals surface area contributed by atoms with Crippen LogP contribution in [0.25, 0.3) is 0 Å². The summed E-state index contributed by atoms with van der Waals surface area (Å²) in [5, 5.41) is 0. The molecule has 1 saturated heterocycles. The van der Waals surface area contributed by atoms with Gasteiger partial charge in [0, 0.05) is 44.9 Å². The minimum atomic E-state index is -3.76. The number of halogens is 2. The number of rotatable bonds is 4. The van der Waals surface area contributed by atoms with E-state index in [9.17, 15) is 22.0 Å². The maximum Gasteiger partial charge on any atom is 0.243 e. The molecule has 3 aliphatic heterocycles. The van der Waals surface area contributed by atoms with Crippen molar-refractivity contribution in [3.63, 3.8) is 0 Å². The van der Waals surface area contributed by atoms with Gasteiger partial charge in [-0.05, 0) is 36.6 Å². The molecule has 0 radical (unpaired) electrons. The van der Waals surface area contributed by atoms with Crippen LogP contribution in [0, 0.1) is 11.6 Å².